The minimum Gasteiger partial charge on any atom is -0.497 e. The topological polar surface area (TPSA) is 43.3 Å². The summed E-state index contributed by atoms with van der Waals surface area (Å²) in [6.45, 7) is 2.06. The van der Waals surface area contributed by atoms with E-state index in [9.17, 15) is 0 Å². The molecule has 0 aliphatic rings. The van der Waals surface area contributed by atoms with Gasteiger partial charge in [-0.2, -0.15) is 0 Å². The molecule has 3 aromatic rings. The Labute approximate surface area is 129 Å². The molecule has 1 heterocycles. The van der Waals surface area contributed by atoms with Gasteiger partial charge in [0.05, 0.1) is 13.3 Å². The molecule has 3 rings (SSSR count). The SMILES string of the molecule is COc1ccc(/C=N/[n+]2cnn(-c3ccc(C)cc3)c2)cc1. The quantitative estimate of drug-likeness (QED) is 0.547. The average molecular weight is 293 g/mol. The summed E-state index contributed by atoms with van der Waals surface area (Å²) in [4.78, 5) is 0. The molecule has 22 heavy (non-hydrogen) atoms. The maximum absolute atomic E-state index is 5.13. The van der Waals surface area contributed by atoms with Crippen LogP contribution in [-0.4, -0.2) is 23.1 Å². The molecule has 0 saturated carbocycles. The van der Waals surface area contributed by atoms with Crippen LogP contribution in [0.2, 0.25) is 0 Å². The van der Waals surface area contributed by atoms with E-state index in [4.69, 9.17) is 4.74 Å². The van der Waals surface area contributed by atoms with Crippen molar-refractivity contribution >= 4 is 6.21 Å². The Bertz CT molecular complexity index is 773. The minimum atomic E-state index is 0.831. The van der Waals surface area contributed by atoms with Crippen LogP contribution in [0.5, 0.6) is 5.75 Å². The van der Waals surface area contributed by atoms with Crippen molar-refractivity contribution < 1.29 is 9.41 Å². The van der Waals surface area contributed by atoms with Crippen molar-refractivity contribution in [3.05, 3.63) is 72.3 Å². The molecule has 0 radical (unpaired) electrons. The number of methoxy groups -OCH3 is 1. The van der Waals surface area contributed by atoms with Gasteiger partial charge >= 0.3 is 0 Å². The van der Waals surface area contributed by atoms with Gasteiger partial charge in [0.2, 0.25) is 0 Å². The number of aromatic nitrogens is 3. The highest BCUT2D eigenvalue weighted by molar-refractivity contribution is 5.79. The molecule has 1 aromatic heterocycles. The molecule has 0 unspecified atom stereocenters. The summed E-state index contributed by atoms with van der Waals surface area (Å²) < 4.78 is 8.58. The van der Waals surface area contributed by atoms with E-state index >= 15 is 0 Å². The zero-order valence-corrected chi connectivity index (χ0v) is 12.5. The van der Waals surface area contributed by atoms with Gasteiger partial charge < -0.3 is 4.74 Å². The van der Waals surface area contributed by atoms with Crippen LogP contribution in [0, 0.1) is 6.92 Å². The molecule has 0 fully saturated rings. The first-order chi connectivity index (χ1) is 10.7. The Hall–Kier alpha value is -2.95. The fraction of sp³-hybridized carbons (Fsp3) is 0.118. The largest absolute Gasteiger partial charge is 0.497 e. The van der Waals surface area contributed by atoms with Gasteiger partial charge in [-0.05, 0) is 48.9 Å². The first-order valence-corrected chi connectivity index (χ1v) is 6.96. The molecule has 110 valence electrons. The maximum Gasteiger partial charge on any atom is 0.289 e. The van der Waals surface area contributed by atoms with Crippen molar-refractivity contribution in [3.63, 3.8) is 0 Å². The summed E-state index contributed by atoms with van der Waals surface area (Å²) in [6, 6.07) is 15.9. The van der Waals surface area contributed by atoms with E-state index < -0.39 is 0 Å². The predicted octanol–water partition coefficient (Wildman–Crippen LogP) is 2.36. The van der Waals surface area contributed by atoms with Gasteiger partial charge in [0.25, 0.3) is 12.7 Å². The van der Waals surface area contributed by atoms with Crippen LogP contribution in [0.4, 0.5) is 0 Å². The highest BCUT2D eigenvalue weighted by Gasteiger charge is 2.07. The van der Waals surface area contributed by atoms with Gasteiger partial charge in [-0.15, -0.1) is 9.78 Å². The zero-order valence-electron chi connectivity index (χ0n) is 12.5. The molecule has 2 aromatic carbocycles. The van der Waals surface area contributed by atoms with Gasteiger partial charge in [-0.25, -0.2) is 0 Å². The van der Waals surface area contributed by atoms with E-state index in [2.05, 4.69) is 29.3 Å². The van der Waals surface area contributed by atoms with Crippen molar-refractivity contribution in [2.45, 2.75) is 6.92 Å². The molecule has 0 spiro atoms. The van der Waals surface area contributed by atoms with Gasteiger partial charge in [-0.1, -0.05) is 22.4 Å². The first-order valence-electron chi connectivity index (χ1n) is 6.96. The molecule has 5 nitrogen and oxygen atoms in total. The number of benzene rings is 2. The van der Waals surface area contributed by atoms with Crippen LogP contribution in [0.1, 0.15) is 11.1 Å². The van der Waals surface area contributed by atoms with Crippen molar-refractivity contribution in [1.82, 2.24) is 9.78 Å². The normalized spacial score (nSPS) is 11.0. The molecular formula is C17H17N4O+. The van der Waals surface area contributed by atoms with Crippen LogP contribution < -0.4 is 9.41 Å². The summed E-state index contributed by atoms with van der Waals surface area (Å²) in [5, 5.41) is 8.66. The van der Waals surface area contributed by atoms with Crippen LogP contribution in [0.25, 0.3) is 5.69 Å². The molecule has 0 saturated heterocycles. The number of nitrogens with zero attached hydrogens (tertiary/aromatic N) is 4. The predicted molar refractivity (Wildman–Crippen MR) is 84.5 cm³/mol. The van der Waals surface area contributed by atoms with E-state index in [1.54, 1.807) is 29.0 Å². The van der Waals surface area contributed by atoms with Crippen molar-refractivity contribution in [3.8, 4) is 11.4 Å². The third-order valence-electron chi connectivity index (χ3n) is 3.28. The van der Waals surface area contributed by atoms with Gasteiger partial charge in [0, 0.05) is 5.10 Å². The summed E-state index contributed by atoms with van der Waals surface area (Å²) in [7, 11) is 1.65. The first kappa shape index (κ1) is 14.0. The number of rotatable bonds is 4. The van der Waals surface area contributed by atoms with E-state index in [0.29, 0.717) is 0 Å². The number of hydrogen-bond donors (Lipinski definition) is 0. The third-order valence-corrected chi connectivity index (χ3v) is 3.28. The summed E-state index contributed by atoms with van der Waals surface area (Å²) >= 11 is 0. The van der Waals surface area contributed by atoms with Gasteiger partial charge in [0.15, 0.2) is 0 Å². The lowest BCUT2D eigenvalue weighted by Crippen LogP contribution is -2.24. The second kappa shape index (κ2) is 6.22. The van der Waals surface area contributed by atoms with Crippen molar-refractivity contribution in [2.24, 2.45) is 5.10 Å². The molecule has 5 heteroatoms. The van der Waals surface area contributed by atoms with Gasteiger partial charge in [-0.3, -0.25) is 0 Å². The lowest BCUT2D eigenvalue weighted by atomic mass is 10.2. The second-order valence-corrected chi connectivity index (χ2v) is 4.92. The monoisotopic (exact) mass is 293 g/mol. The Morgan fingerprint density at radius 2 is 1.82 bits per heavy atom. The maximum atomic E-state index is 5.13. The molecule has 0 aliphatic carbocycles. The number of ether oxygens (including phenoxy) is 1. The lowest BCUT2D eigenvalue weighted by Gasteiger charge is -1.97. The smallest absolute Gasteiger partial charge is 0.289 e. The second-order valence-electron chi connectivity index (χ2n) is 4.92. The fourth-order valence-electron chi connectivity index (χ4n) is 1.99. The Morgan fingerprint density at radius 1 is 1.09 bits per heavy atom. The van der Waals surface area contributed by atoms with Gasteiger partial charge in [0.1, 0.15) is 11.4 Å². The standard InChI is InChI=1S/C17H17N4O/c1-14-3-7-16(8-4-14)21-13-20(12-19-21)18-11-15-5-9-17(22-2)10-6-15/h3-13H,1-2H3/q+1/b18-11+. The number of hydrogen-bond acceptors (Lipinski definition) is 3. The Kier molecular flexibility index (Phi) is 3.96. The lowest BCUT2D eigenvalue weighted by molar-refractivity contribution is -0.678. The molecule has 0 aliphatic heterocycles. The molecule has 0 bridgehead atoms. The summed E-state index contributed by atoms with van der Waals surface area (Å²) in [6.07, 6.45) is 5.27. The van der Waals surface area contributed by atoms with Crippen molar-refractivity contribution in [1.29, 1.82) is 0 Å². The number of aryl methyl sites for hydroxylation is 1. The van der Waals surface area contributed by atoms with Crippen LogP contribution in [-0.2, 0) is 0 Å². The Balaban J connectivity index is 1.75. The minimum absolute atomic E-state index is 0.831. The van der Waals surface area contributed by atoms with E-state index in [0.717, 1.165) is 17.0 Å². The van der Waals surface area contributed by atoms with Crippen LogP contribution >= 0.6 is 0 Å². The molecule has 0 atom stereocenters. The Morgan fingerprint density at radius 3 is 2.50 bits per heavy atom. The molecular weight excluding hydrogens is 276 g/mol. The molecule has 0 amide bonds. The zero-order chi connectivity index (χ0) is 15.4. The van der Waals surface area contributed by atoms with Crippen LogP contribution in [0.3, 0.4) is 0 Å². The van der Waals surface area contributed by atoms with Crippen molar-refractivity contribution in [2.75, 3.05) is 7.11 Å². The van der Waals surface area contributed by atoms with E-state index in [1.165, 1.54) is 5.56 Å². The third kappa shape index (κ3) is 3.20. The average Bonchev–Trinajstić information content (AvgIpc) is 3.03. The highest BCUT2D eigenvalue weighted by Crippen LogP contribution is 2.09. The molecule has 0 N–H and O–H groups in total. The fourth-order valence-corrected chi connectivity index (χ4v) is 1.99. The summed E-state index contributed by atoms with van der Waals surface area (Å²) in [5.41, 5.74) is 3.22. The highest BCUT2D eigenvalue weighted by atomic mass is 16.5. The van der Waals surface area contributed by atoms with Crippen LogP contribution in [0.15, 0.2) is 66.3 Å². The van der Waals surface area contributed by atoms with E-state index in [-0.39, 0.29) is 0 Å². The summed E-state index contributed by atoms with van der Waals surface area (Å²) in [5.74, 6) is 0.831. The van der Waals surface area contributed by atoms with E-state index in [1.807, 2.05) is 42.7 Å².